The van der Waals surface area contributed by atoms with Crippen molar-refractivity contribution in [1.29, 1.82) is 0 Å². The van der Waals surface area contributed by atoms with Crippen molar-refractivity contribution in [3.05, 3.63) is 39.4 Å². The van der Waals surface area contributed by atoms with Crippen molar-refractivity contribution in [2.24, 2.45) is 0 Å². The zero-order valence-corrected chi connectivity index (χ0v) is 12.5. The molecule has 0 saturated heterocycles. The quantitative estimate of drug-likeness (QED) is 0.622. The molecule has 0 amide bonds. The van der Waals surface area contributed by atoms with E-state index in [1.54, 1.807) is 26.0 Å². The van der Waals surface area contributed by atoms with Crippen molar-refractivity contribution < 1.29 is 10.2 Å². The molecule has 0 atom stereocenters. The van der Waals surface area contributed by atoms with Gasteiger partial charge in [0.2, 0.25) is 0 Å². The summed E-state index contributed by atoms with van der Waals surface area (Å²) < 4.78 is 0. The van der Waals surface area contributed by atoms with E-state index in [1.807, 2.05) is 0 Å². The number of benzene rings is 2. The highest BCUT2D eigenvalue weighted by Crippen LogP contribution is 2.41. The van der Waals surface area contributed by atoms with Crippen LogP contribution in [0.3, 0.4) is 0 Å². The molecule has 4 nitrogen and oxygen atoms in total. The van der Waals surface area contributed by atoms with Crippen molar-refractivity contribution in [3.8, 4) is 11.5 Å². The molecule has 0 aromatic heterocycles. The smallest absolute Gasteiger partial charge is 0.139 e. The summed E-state index contributed by atoms with van der Waals surface area (Å²) in [6.45, 7) is 3.44. The van der Waals surface area contributed by atoms with E-state index in [4.69, 9.17) is 28.9 Å². The van der Waals surface area contributed by atoms with Gasteiger partial charge < -0.3 is 21.3 Å². The third kappa shape index (κ3) is 2.44. The summed E-state index contributed by atoms with van der Waals surface area (Å²) in [5.41, 5.74) is 8.11. The summed E-state index contributed by atoms with van der Waals surface area (Å²) in [5.74, 6) is 0.0282. The van der Waals surface area contributed by atoms with E-state index in [1.165, 1.54) is 6.07 Å². The lowest BCUT2D eigenvalue weighted by Crippen LogP contribution is -1.99. The minimum absolute atomic E-state index is 0.00133. The lowest BCUT2D eigenvalue weighted by atomic mass is 10.1. The van der Waals surface area contributed by atoms with Crippen molar-refractivity contribution >= 4 is 40.3 Å². The molecule has 106 valence electrons. The topological polar surface area (TPSA) is 78.5 Å². The summed E-state index contributed by atoms with van der Waals surface area (Å²) >= 11 is 12.2. The Bertz CT molecular complexity index is 661. The first-order chi connectivity index (χ1) is 9.32. The second-order valence-electron chi connectivity index (χ2n) is 4.52. The fourth-order valence-electron chi connectivity index (χ4n) is 1.80. The van der Waals surface area contributed by atoms with Crippen molar-refractivity contribution in [1.82, 2.24) is 0 Å². The Kier molecular flexibility index (Phi) is 3.88. The zero-order chi connectivity index (χ0) is 15.0. The van der Waals surface area contributed by atoms with Crippen LogP contribution in [0.25, 0.3) is 0 Å². The molecule has 0 aliphatic rings. The van der Waals surface area contributed by atoms with Crippen LogP contribution in [0.4, 0.5) is 17.1 Å². The molecule has 0 saturated carbocycles. The molecule has 0 fully saturated rings. The summed E-state index contributed by atoms with van der Waals surface area (Å²) in [6, 6.07) is 4.82. The molecule has 2 rings (SSSR count). The maximum atomic E-state index is 9.83. The third-order valence-electron chi connectivity index (χ3n) is 3.10. The summed E-state index contributed by atoms with van der Waals surface area (Å²) in [6.07, 6.45) is 0. The van der Waals surface area contributed by atoms with Crippen molar-refractivity contribution in [2.45, 2.75) is 13.8 Å². The average Bonchev–Trinajstić information content (AvgIpc) is 2.41. The van der Waals surface area contributed by atoms with Crippen LogP contribution in [0.15, 0.2) is 18.2 Å². The second-order valence-corrected chi connectivity index (χ2v) is 5.27. The van der Waals surface area contributed by atoms with E-state index in [-0.39, 0.29) is 27.2 Å². The van der Waals surface area contributed by atoms with E-state index in [0.717, 1.165) is 0 Å². The van der Waals surface area contributed by atoms with Gasteiger partial charge in [-0.05, 0) is 25.5 Å². The van der Waals surface area contributed by atoms with Gasteiger partial charge in [-0.15, -0.1) is 0 Å². The largest absolute Gasteiger partial charge is 0.508 e. The van der Waals surface area contributed by atoms with Gasteiger partial charge in [-0.25, -0.2) is 0 Å². The molecule has 0 heterocycles. The molecule has 2 aromatic rings. The summed E-state index contributed by atoms with van der Waals surface area (Å²) in [4.78, 5) is 0. The van der Waals surface area contributed by atoms with Crippen LogP contribution in [0.2, 0.25) is 10.0 Å². The normalized spacial score (nSPS) is 10.6. The maximum absolute atomic E-state index is 9.83. The highest BCUT2D eigenvalue weighted by atomic mass is 35.5. The minimum Gasteiger partial charge on any atom is -0.508 e. The van der Waals surface area contributed by atoms with E-state index < -0.39 is 0 Å². The van der Waals surface area contributed by atoms with Crippen LogP contribution < -0.4 is 11.1 Å². The first-order valence-electron chi connectivity index (χ1n) is 5.85. The highest BCUT2D eigenvalue weighted by Gasteiger charge is 2.15. The van der Waals surface area contributed by atoms with Gasteiger partial charge in [0, 0.05) is 11.6 Å². The van der Waals surface area contributed by atoms with Gasteiger partial charge in [0.15, 0.2) is 0 Å². The Labute approximate surface area is 126 Å². The lowest BCUT2D eigenvalue weighted by molar-refractivity contribution is 0.471. The van der Waals surface area contributed by atoms with Crippen LogP contribution in [-0.2, 0) is 0 Å². The molecule has 0 aliphatic carbocycles. The molecule has 0 unspecified atom stereocenters. The van der Waals surface area contributed by atoms with Crippen LogP contribution in [0, 0.1) is 13.8 Å². The number of rotatable bonds is 2. The van der Waals surface area contributed by atoms with E-state index in [9.17, 15) is 10.2 Å². The van der Waals surface area contributed by atoms with Gasteiger partial charge in [0.25, 0.3) is 0 Å². The molecule has 2 aromatic carbocycles. The van der Waals surface area contributed by atoms with Crippen molar-refractivity contribution in [3.63, 3.8) is 0 Å². The molecular weight excluding hydrogens is 299 g/mol. The number of phenolic OH excluding ortho intramolecular Hbond substituents is 2. The number of nitrogen functional groups attached to an aromatic ring is 1. The van der Waals surface area contributed by atoms with Gasteiger partial charge in [-0.3, -0.25) is 0 Å². The first kappa shape index (κ1) is 14.6. The Balaban J connectivity index is 2.54. The fourth-order valence-corrected chi connectivity index (χ4v) is 2.30. The molecule has 6 heteroatoms. The fraction of sp³-hybridized carbons (Fsp3) is 0.143. The number of halogens is 2. The van der Waals surface area contributed by atoms with Gasteiger partial charge in [-0.2, -0.15) is 0 Å². The lowest BCUT2D eigenvalue weighted by Gasteiger charge is -2.16. The average molecular weight is 313 g/mol. The van der Waals surface area contributed by atoms with Crippen LogP contribution >= 0.6 is 23.2 Å². The van der Waals surface area contributed by atoms with E-state index >= 15 is 0 Å². The standard InChI is InChI=1S/C14H14Cl2N2O2/c1-6-3-4-9(12(16)14(6)20)18-13-7(2)10(19)5-8(17)11(13)15/h3-5,18-20H,17H2,1-2H3. The number of aromatic hydroxyl groups is 2. The van der Waals surface area contributed by atoms with Gasteiger partial charge in [0.1, 0.15) is 16.5 Å². The van der Waals surface area contributed by atoms with E-state index in [2.05, 4.69) is 5.32 Å². The molecule has 5 N–H and O–H groups in total. The molecule has 0 aliphatic heterocycles. The summed E-state index contributed by atoms with van der Waals surface area (Å²) in [5, 5.41) is 23.1. The van der Waals surface area contributed by atoms with E-state index in [0.29, 0.717) is 22.5 Å². The van der Waals surface area contributed by atoms with Gasteiger partial charge >= 0.3 is 0 Å². The zero-order valence-electron chi connectivity index (χ0n) is 11.0. The molecule has 0 radical (unpaired) electrons. The Morgan fingerprint density at radius 3 is 2.40 bits per heavy atom. The monoisotopic (exact) mass is 312 g/mol. The SMILES string of the molecule is Cc1ccc(Nc2c(C)c(O)cc(N)c2Cl)c(Cl)c1O. The minimum atomic E-state index is -0.00133. The molecule has 0 bridgehead atoms. The molecular formula is C14H14Cl2N2O2. The number of hydrogen-bond donors (Lipinski definition) is 4. The van der Waals surface area contributed by atoms with Crippen LogP contribution in [0.1, 0.15) is 11.1 Å². The predicted octanol–water partition coefficient (Wildman–Crippen LogP) is 4.35. The summed E-state index contributed by atoms with van der Waals surface area (Å²) in [7, 11) is 0. The van der Waals surface area contributed by atoms with Gasteiger partial charge in [0.05, 0.1) is 22.1 Å². The molecule has 0 spiro atoms. The Morgan fingerprint density at radius 1 is 1.10 bits per heavy atom. The second kappa shape index (κ2) is 5.31. The first-order valence-corrected chi connectivity index (χ1v) is 6.61. The Hall–Kier alpha value is -1.78. The number of anilines is 3. The maximum Gasteiger partial charge on any atom is 0.139 e. The number of hydrogen-bond acceptors (Lipinski definition) is 4. The van der Waals surface area contributed by atoms with Crippen molar-refractivity contribution in [2.75, 3.05) is 11.1 Å². The number of nitrogens with one attached hydrogen (secondary N) is 1. The predicted molar refractivity (Wildman–Crippen MR) is 83.4 cm³/mol. The van der Waals surface area contributed by atoms with Crippen LogP contribution in [-0.4, -0.2) is 10.2 Å². The Morgan fingerprint density at radius 2 is 1.75 bits per heavy atom. The number of aryl methyl sites for hydroxylation is 1. The highest BCUT2D eigenvalue weighted by molar-refractivity contribution is 6.37. The molecule has 20 heavy (non-hydrogen) atoms. The number of phenols is 2. The third-order valence-corrected chi connectivity index (χ3v) is 3.89. The van der Waals surface area contributed by atoms with Gasteiger partial charge in [-0.1, -0.05) is 29.3 Å². The van der Waals surface area contributed by atoms with Crippen LogP contribution in [0.5, 0.6) is 11.5 Å². The number of nitrogens with two attached hydrogens (primary N) is 1.